The molecule has 1 saturated carbocycles. The molecule has 0 amide bonds. The second kappa shape index (κ2) is 6.71. The Morgan fingerprint density at radius 2 is 2.05 bits per heavy atom. The van der Waals surface area contributed by atoms with Crippen LogP contribution in [0.4, 0.5) is 0 Å². The van der Waals surface area contributed by atoms with E-state index in [9.17, 15) is 4.79 Å². The zero-order valence-corrected chi connectivity index (χ0v) is 11.9. The molecular weight excluding hydrogens is 238 g/mol. The van der Waals surface area contributed by atoms with E-state index in [1.165, 1.54) is 32.1 Å². The maximum atomic E-state index is 10.9. The summed E-state index contributed by atoms with van der Waals surface area (Å²) in [6, 6.07) is 6.29. The van der Waals surface area contributed by atoms with Gasteiger partial charge in [0.25, 0.3) is 0 Å². The van der Waals surface area contributed by atoms with Crippen LogP contribution in [0.1, 0.15) is 48.0 Å². The number of hydrogen-bond acceptors (Lipinski definition) is 3. The number of carbonyl (C=O) groups is 1. The SMILES string of the molecule is COc1ccc(C=O)cc1CN(C)C1CCCCC1. The summed E-state index contributed by atoms with van der Waals surface area (Å²) in [6.07, 6.45) is 7.50. The van der Waals surface area contributed by atoms with E-state index in [4.69, 9.17) is 4.74 Å². The first-order valence-electron chi connectivity index (χ1n) is 7.07. The Labute approximate surface area is 115 Å². The Morgan fingerprint density at radius 3 is 2.68 bits per heavy atom. The van der Waals surface area contributed by atoms with Crippen LogP contribution < -0.4 is 4.74 Å². The molecule has 0 saturated heterocycles. The first-order chi connectivity index (χ1) is 9.24. The van der Waals surface area contributed by atoms with E-state index >= 15 is 0 Å². The summed E-state index contributed by atoms with van der Waals surface area (Å²) in [6.45, 7) is 0.843. The van der Waals surface area contributed by atoms with Crippen LogP contribution in [0.5, 0.6) is 5.75 Å². The third-order valence-electron chi connectivity index (χ3n) is 4.06. The van der Waals surface area contributed by atoms with E-state index in [1.807, 2.05) is 12.1 Å². The predicted octanol–water partition coefficient (Wildman–Crippen LogP) is 3.27. The van der Waals surface area contributed by atoms with Crippen molar-refractivity contribution in [3.05, 3.63) is 29.3 Å². The standard InChI is InChI=1S/C16H23NO2/c1-17(15-6-4-3-5-7-15)11-14-10-13(12-18)8-9-16(14)19-2/h8-10,12,15H,3-7,11H2,1-2H3. The van der Waals surface area contributed by atoms with Gasteiger partial charge in [0.2, 0.25) is 0 Å². The number of ether oxygens (including phenoxy) is 1. The first-order valence-corrected chi connectivity index (χ1v) is 7.07. The quantitative estimate of drug-likeness (QED) is 0.762. The highest BCUT2D eigenvalue weighted by atomic mass is 16.5. The molecule has 19 heavy (non-hydrogen) atoms. The molecule has 0 radical (unpaired) electrons. The van der Waals surface area contributed by atoms with Crippen molar-refractivity contribution in [2.75, 3.05) is 14.2 Å². The Hall–Kier alpha value is -1.35. The molecule has 1 fully saturated rings. The molecule has 0 unspecified atom stereocenters. The molecule has 0 aromatic heterocycles. The Bertz CT molecular complexity index is 425. The highest BCUT2D eigenvalue weighted by Crippen LogP contribution is 2.26. The maximum absolute atomic E-state index is 10.9. The van der Waals surface area contributed by atoms with Gasteiger partial charge in [0.05, 0.1) is 7.11 Å². The highest BCUT2D eigenvalue weighted by Gasteiger charge is 2.19. The zero-order chi connectivity index (χ0) is 13.7. The fourth-order valence-corrected chi connectivity index (χ4v) is 2.91. The summed E-state index contributed by atoms with van der Waals surface area (Å²) < 4.78 is 5.39. The van der Waals surface area contributed by atoms with Crippen molar-refractivity contribution in [2.24, 2.45) is 0 Å². The van der Waals surface area contributed by atoms with E-state index in [1.54, 1.807) is 13.2 Å². The van der Waals surface area contributed by atoms with Crippen molar-refractivity contribution in [2.45, 2.75) is 44.7 Å². The highest BCUT2D eigenvalue weighted by molar-refractivity contribution is 5.75. The molecule has 1 aliphatic rings. The first kappa shape index (κ1) is 14.1. The van der Waals surface area contributed by atoms with Gasteiger partial charge in [-0.2, -0.15) is 0 Å². The van der Waals surface area contributed by atoms with Crippen molar-refractivity contribution in [3.8, 4) is 5.75 Å². The number of nitrogens with zero attached hydrogens (tertiary/aromatic N) is 1. The maximum Gasteiger partial charge on any atom is 0.150 e. The number of rotatable bonds is 5. The third-order valence-corrected chi connectivity index (χ3v) is 4.06. The fraction of sp³-hybridized carbons (Fsp3) is 0.562. The predicted molar refractivity (Wildman–Crippen MR) is 76.7 cm³/mol. The van der Waals surface area contributed by atoms with Crippen LogP contribution in [-0.2, 0) is 6.54 Å². The van der Waals surface area contributed by atoms with Gasteiger partial charge in [0.15, 0.2) is 0 Å². The molecule has 0 N–H and O–H groups in total. The van der Waals surface area contributed by atoms with Gasteiger partial charge in [-0.15, -0.1) is 0 Å². The van der Waals surface area contributed by atoms with Gasteiger partial charge in [-0.1, -0.05) is 19.3 Å². The van der Waals surface area contributed by atoms with Crippen LogP contribution in [0, 0.1) is 0 Å². The van der Waals surface area contributed by atoms with Gasteiger partial charge in [-0.3, -0.25) is 9.69 Å². The van der Waals surface area contributed by atoms with Crippen LogP contribution in [0.2, 0.25) is 0 Å². The topological polar surface area (TPSA) is 29.5 Å². The molecule has 3 nitrogen and oxygen atoms in total. The minimum absolute atomic E-state index is 0.665. The molecule has 0 heterocycles. The molecule has 3 heteroatoms. The molecule has 0 aliphatic heterocycles. The van der Waals surface area contributed by atoms with E-state index in [-0.39, 0.29) is 0 Å². The van der Waals surface area contributed by atoms with E-state index in [0.717, 1.165) is 24.1 Å². The minimum Gasteiger partial charge on any atom is -0.496 e. The lowest BCUT2D eigenvalue weighted by atomic mass is 9.94. The van der Waals surface area contributed by atoms with Gasteiger partial charge in [-0.05, 0) is 38.1 Å². The molecule has 2 rings (SSSR count). The van der Waals surface area contributed by atoms with Crippen LogP contribution in [0.3, 0.4) is 0 Å². The largest absolute Gasteiger partial charge is 0.496 e. The van der Waals surface area contributed by atoms with Crippen molar-refractivity contribution in [1.82, 2.24) is 4.90 Å². The second-order valence-corrected chi connectivity index (χ2v) is 5.40. The summed E-state index contributed by atoms with van der Waals surface area (Å²) in [5, 5.41) is 0. The normalized spacial score (nSPS) is 16.6. The van der Waals surface area contributed by atoms with Gasteiger partial charge in [0, 0.05) is 23.7 Å². The number of benzene rings is 1. The molecule has 1 aromatic rings. The number of carbonyl (C=O) groups excluding carboxylic acids is 1. The smallest absolute Gasteiger partial charge is 0.150 e. The Morgan fingerprint density at radius 1 is 1.32 bits per heavy atom. The third kappa shape index (κ3) is 3.57. The number of aldehydes is 1. The molecule has 0 bridgehead atoms. The van der Waals surface area contributed by atoms with Gasteiger partial charge < -0.3 is 4.74 Å². The molecule has 0 atom stereocenters. The molecule has 1 aliphatic carbocycles. The van der Waals surface area contributed by atoms with Gasteiger partial charge >= 0.3 is 0 Å². The van der Waals surface area contributed by atoms with Crippen molar-refractivity contribution < 1.29 is 9.53 Å². The fourth-order valence-electron chi connectivity index (χ4n) is 2.91. The van der Waals surface area contributed by atoms with E-state index < -0.39 is 0 Å². The van der Waals surface area contributed by atoms with Crippen molar-refractivity contribution in [3.63, 3.8) is 0 Å². The van der Waals surface area contributed by atoms with Crippen LogP contribution in [0.25, 0.3) is 0 Å². The molecule has 0 spiro atoms. The Kier molecular flexibility index (Phi) is 4.97. The lowest BCUT2D eigenvalue weighted by molar-refractivity contribution is 0.112. The Balaban J connectivity index is 2.09. The summed E-state index contributed by atoms with van der Waals surface area (Å²) in [5.41, 5.74) is 1.81. The van der Waals surface area contributed by atoms with E-state index in [2.05, 4.69) is 11.9 Å². The summed E-state index contributed by atoms with van der Waals surface area (Å²) in [5.74, 6) is 0.869. The number of hydrogen-bond donors (Lipinski definition) is 0. The summed E-state index contributed by atoms with van der Waals surface area (Å²) in [7, 11) is 3.85. The van der Waals surface area contributed by atoms with Crippen LogP contribution >= 0.6 is 0 Å². The monoisotopic (exact) mass is 261 g/mol. The molecule has 104 valence electrons. The lowest BCUT2D eigenvalue weighted by Crippen LogP contribution is -2.33. The van der Waals surface area contributed by atoms with E-state index in [0.29, 0.717) is 11.6 Å². The van der Waals surface area contributed by atoms with Gasteiger partial charge in [0.1, 0.15) is 12.0 Å². The molecular formula is C16H23NO2. The molecule has 1 aromatic carbocycles. The summed E-state index contributed by atoms with van der Waals surface area (Å²) in [4.78, 5) is 13.3. The van der Waals surface area contributed by atoms with Gasteiger partial charge in [-0.25, -0.2) is 0 Å². The minimum atomic E-state index is 0.665. The average Bonchev–Trinajstić information content (AvgIpc) is 2.48. The number of methoxy groups -OCH3 is 1. The van der Waals surface area contributed by atoms with Crippen LogP contribution in [0.15, 0.2) is 18.2 Å². The lowest BCUT2D eigenvalue weighted by Gasteiger charge is -2.31. The van der Waals surface area contributed by atoms with Crippen molar-refractivity contribution >= 4 is 6.29 Å². The second-order valence-electron chi connectivity index (χ2n) is 5.40. The van der Waals surface area contributed by atoms with Crippen LogP contribution in [-0.4, -0.2) is 31.4 Å². The average molecular weight is 261 g/mol. The summed E-state index contributed by atoms with van der Waals surface area (Å²) >= 11 is 0. The zero-order valence-electron chi connectivity index (χ0n) is 11.9. The van der Waals surface area contributed by atoms with Crippen molar-refractivity contribution in [1.29, 1.82) is 0 Å².